The second kappa shape index (κ2) is 5.88. The Balaban J connectivity index is 2.41. The molecule has 0 unspecified atom stereocenters. The molecule has 0 heterocycles. The van der Waals surface area contributed by atoms with Crippen molar-refractivity contribution in [3.63, 3.8) is 0 Å². The number of nitrogens with one attached hydrogen (secondary N) is 1. The van der Waals surface area contributed by atoms with E-state index in [9.17, 15) is 13.9 Å². The minimum atomic E-state index is -1.02. The van der Waals surface area contributed by atoms with Crippen LogP contribution in [0.15, 0.2) is 30.3 Å². The van der Waals surface area contributed by atoms with Crippen LogP contribution >= 0.6 is 0 Å². The second-order valence-corrected chi connectivity index (χ2v) is 4.36. The molecule has 2 aromatic rings. The summed E-state index contributed by atoms with van der Waals surface area (Å²) in [5.74, 6) is -1.35. The molecule has 3 nitrogen and oxygen atoms in total. The maximum Gasteiger partial charge on any atom is 0.182 e. The maximum atomic E-state index is 13.8. The largest absolute Gasteiger partial charge is 0.496 e. The fourth-order valence-electron chi connectivity index (χ4n) is 1.90. The number of aliphatic hydroxyl groups excluding tert-OH is 1. The number of aryl methyl sites for hydroxylation is 1. The average molecular weight is 279 g/mol. The smallest absolute Gasteiger partial charge is 0.182 e. The van der Waals surface area contributed by atoms with E-state index in [-0.39, 0.29) is 17.9 Å². The zero-order valence-electron chi connectivity index (χ0n) is 11.2. The van der Waals surface area contributed by atoms with Gasteiger partial charge in [0.2, 0.25) is 0 Å². The highest BCUT2D eigenvalue weighted by Gasteiger charge is 2.13. The molecule has 2 rings (SSSR count). The van der Waals surface area contributed by atoms with Crippen LogP contribution in [0.25, 0.3) is 0 Å². The molecule has 0 saturated heterocycles. The topological polar surface area (TPSA) is 41.5 Å². The highest BCUT2D eigenvalue weighted by Crippen LogP contribution is 2.29. The van der Waals surface area contributed by atoms with Crippen molar-refractivity contribution in [1.29, 1.82) is 0 Å². The normalized spacial score (nSPS) is 10.4. The van der Waals surface area contributed by atoms with Crippen LogP contribution < -0.4 is 10.1 Å². The van der Waals surface area contributed by atoms with Gasteiger partial charge in [-0.25, -0.2) is 8.78 Å². The number of ether oxygens (including phenoxy) is 1. The highest BCUT2D eigenvalue weighted by atomic mass is 19.2. The van der Waals surface area contributed by atoms with Crippen LogP contribution in [0.3, 0.4) is 0 Å². The Bertz CT molecular complexity index is 630. The minimum Gasteiger partial charge on any atom is -0.496 e. The van der Waals surface area contributed by atoms with Gasteiger partial charge in [0.15, 0.2) is 11.6 Å². The molecule has 0 bridgehead atoms. The fourth-order valence-corrected chi connectivity index (χ4v) is 1.90. The number of hydrogen-bond donors (Lipinski definition) is 2. The number of rotatable bonds is 4. The van der Waals surface area contributed by atoms with Crippen molar-refractivity contribution < 1.29 is 18.6 Å². The van der Waals surface area contributed by atoms with Crippen molar-refractivity contribution in [1.82, 2.24) is 0 Å². The maximum absolute atomic E-state index is 13.8. The van der Waals surface area contributed by atoms with Gasteiger partial charge in [0.05, 0.1) is 19.4 Å². The van der Waals surface area contributed by atoms with Crippen LogP contribution in [0.2, 0.25) is 0 Å². The molecule has 0 saturated carbocycles. The third-order valence-corrected chi connectivity index (χ3v) is 3.03. The second-order valence-electron chi connectivity index (χ2n) is 4.36. The van der Waals surface area contributed by atoms with Gasteiger partial charge in [-0.2, -0.15) is 0 Å². The van der Waals surface area contributed by atoms with Crippen LogP contribution in [0, 0.1) is 18.6 Å². The molecule has 0 spiro atoms. The molecule has 0 radical (unpaired) electrons. The van der Waals surface area contributed by atoms with Crippen molar-refractivity contribution in [3.8, 4) is 5.75 Å². The molecular weight excluding hydrogens is 264 g/mol. The number of methoxy groups -OCH3 is 1. The number of anilines is 2. The van der Waals surface area contributed by atoms with Crippen LogP contribution in [0.5, 0.6) is 5.75 Å². The van der Waals surface area contributed by atoms with E-state index in [0.29, 0.717) is 11.4 Å². The first-order valence-corrected chi connectivity index (χ1v) is 6.06. The lowest BCUT2D eigenvalue weighted by atomic mass is 10.1. The van der Waals surface area contributed by atoms with Gasteiger partial charge in [0, 0.05) is 17.3 Å². The molecule has 0 aromatic heterocycles. The Hall–Kier alpha value is -2.14. The molecule has 0 aliphatic rings. The summed E-state index contributed by atoms with van der Waals surface area (Å²) < 4.78 is 32.3. The number of halogens is 2. The molecule has 2 aromatic carbocycles. The Morgan fingerprint density at radius 3 is 2.60 bits per heavy atom. The van der Waals surface area contributed by atoms with Gasteiger partial charge in [0.1, 0.15) is 5.75 Å². The van der Waals surface area contributed by atoms with E-state index in [0.717, 1.165) is 11.6 Å². The fraction of sp³-hybridized carbons (Fsp3) is 0.200. The van der Waals surface area contributed by atoms with Crippen molar-refractivity contribution in [2.45, 2.75) is 13.5 Å². The first-order chi connectivity index (χ1) is 9.56. The molecule has 5 heteroatoms. The molecule has 0 aliphatic heterocycles. The molecule has 0 atom stereocenters. The Kier molecular flexibility index (Phi) is 4.20. The summed E-state index contributed by atoms with van der Waals surface area (Å²) in [4.78, 5) is 0. The standard InChI is InChI=1S/C15H15F2NO2/c1-9-3-5-11(7-13(9)20-2)18-15-10(8-19)4-6-12(16)14(15)17/h3-7,18-19H,8H2,1-2H3. The lowest BCUT2D eigenvalue weighted by Gasteiger charge is -2.14. The van der Waals surface area contributed by atoms with Crippen LogP contribution in [0.1, 0.15) is 11.1 Å². The van der Waals surface area contributed by atoms with Gasteiger partial charge in [-0.3, -0.25) is 0 Å². The third-order valence-electron chi connectivity index (χ3n) is 3.03. The van der Waals surface area contributed by atoms with Crippen molar-refractivity contribution in [2.24, 2.45) is 0 Å². The molecule has 0 fully saturated rings. The van der Waals surface area contributed by atoms with Gasteiger partial charge in [-0.15, -0.1) is 0 Å². The molecule has 0 aliphatic carbocycles. The summed E-state index contributed by atoms with van der Waals surface area (Å²) in [5.41, 5.74) is 1.69. The van der Waals surface area contributed by atoms with E-state index in [1.807, 2.05) is 6.92 Å². The van der Waals surface area contributed by atoms with Crippen LogP contribution in [-0.4, -0.2) is 12.2 Å². The molecule has 106 valence electrons. The summed E-state index contributed by atoms with van der Waals surface area (Å²) in [6.45, 7) is 1.49. The highest BCUT2D eigenvalue weighted by molar-refractivity contribution is 5.65. The molecule has 2 N–H and O–H groups in total. The van der Waals surface area contributed by atoms with E-state index >= 15 is 0 Å². The third kappa shape index (κ3) is 2.72. The lowest BCUT2D eigenvalue weighted by Crippen LogP contribution is -2.02. The quantitative estimate of drug-likeness (QED) is 0.899. The number of hydrogen-bond acceptors (Lipinski definition) is 3. The minimum absolute atomic E-state index is 0.0709. The lowest BCUT2D eigenvalue weighted by molar-refractivity contribution is 0.281. The molecular formula is C15H15F2NO2. The summed E-state index contributed by atoms with van der Waals surface area (Å²) in [7, 11) is 1.54. The van der Waals surface area contributed by atoms with Crippen molar-refractivity contribution >= 4 is 11.4 Å². The summed E-state index contributed by atoms with van der Waals surface area (Å²) in [6.07, 6.45) is 0. The monoisotopic (exact) mass is 279 g/mol. The van der Waals surface area contributed by atoms with E-state index in [1.54, 1.807) is 18.2 Å². The number of aliphatic hydroxyl groups is 1. The summed E-state index contributed by atoms with van der Waals surface area (Å²) in [5, 5.41) is 12.0. The van der Waals surface area contributed by atoms with Crippen molar-refractivity contribution in [3.05, 3.63) is 53.1 Å². The van der Waals surface area contributed by atoms with Gasteiger partial charge < -0.3 is 15.2 Å². The molecule has 20 heavy (non-hydrogen) atoms. The van der Waals surface area contributed by atoms with Crippen molar-refractivity contribution in [2.75, 3.05) is 12.4 Å². The van der Waals surface area contributed by atoms with Gasteiger partial charge in [0.25, 0.3) is 0 Å². The zero-order valence-corrected chi connectivity index (χ0v) is 11.2. The SMILES string of the molecule is COc1cc(Nc2c(CO)ccc(F)c2F)ccc1C. The Labute approximate surface area is 115 Å². The van der Waals surface area contributed by atoms with E-state index in [1.165, 1.54) is 13.2 Å². The first-order valence-electron chi connectivity index (χ1n) is 6.06. The first kappa shape index (κ1) is 14.3. The average Bonchev–Trinajstić information content (AvgIpc) is 2.46. The predicted molar refractivity (Wildman–Crippen MR) is 73.3 cm³/mol. The number of benzene rings is 2. The summed E-state index contributed by atoms with van der Waals surface area (Å²) >= 11 is 0. The van der Waals surface area contributed by atoms with Gasteiger partial charge in [-0.1, -0.05) is 12.1 Å². The molecule has 0 amide bonds. The Morgan fingerprint density at radius 1 is 1.20 bits per heavy atom. The van der Waals surface area contributed by atoms with Crippen LogP contribution in [-0.2, 0) is 6.61 Å². The zero-order chi connectivity index (χ0) is 14.7. The Morgan fingerprint density at radius 2 is 1.95 bits per heavy atom. The van der Waals surface area contributed by atoms with Gasteiger partial charge in [-0.05, 0) is 24.6 Å². The predicted octanol–water partition coefficient (Wildman–Crippen LogP) is 3.52. The van der Waals surface area contributed by atoms with E-state index < -0.39 is 11.6 Å². The van der Waals surface area contributed by atoms with E-state index in [4.69, 9.17) is 4.74 Å². The van der Waals surface area contributed by atoms with E-state index in [2.05, 4.69) is 5.32 Å². The summed E-state index contributed by atoms with van der Waals surface area (Å²) in [6, 6.07) is 7.54. The van der Waals surface area contributed by atoms with Crippen LogP contribution in [0.4, 0.5) is 20.2 Å². The van der Waals surface area contributed by atoms with Gasteiger partial charge >= 0.3 is 0 Å².